The number of carbonyl (C=O) groups excluding carboxylic acids is 3. The fourth-order valence-electron chi connectivity index (χ4n) is 2.64. The monoisotopic (exact) mass is 417 g/mol. The van der Waals surface area contributed by atoms with Gasteiger partial charge in [-0.05, 0) is 23.3 Å². The topological polar surface area (TPSA) is 131 Å². The molecule has 0 saturated heterocycles. The van der Waals surface area contributed by atoms with Crippen molar-refractivity contribution in [3.8, 4) is 0 Å². The number of nitrogens with one attached hydrogen (secondary N) is 2. The molecule has 0 fully saturated rings. The maximum absolute atomic E-state index is 13.3. The second-order valence-electron chi connectivity index (χ2n) is 6.66. The summed E-state index contributed by atoms with van der Waals surface area (Å²) in [5.74, 6) is -1.89. The van der Waals surface area contributed by atoms with Crippen molar-refractivity contribution in [2.45, 2.75) is 31.6 Å². The van der Waals surface area contributed by atoms with Gasteiger partial charge in [-0.1, -0.05) is 42.5 Å². The molecule has 0 aromatic heterocycles. The van der Waals surface area contributed by atoms with Gasteiger partial charge in [0.2, 0.25) is 11.8 Å². The summed E-state index contributed by atoms with van der Waals surface area (Å²) in [7, 11) is 0. The van der Waals surface area contributed by atoms with Crippen LogP contribution < -0.4 is 16.4 Å². The Hall–Kier alpha value is -3.46. The molecule has 0 heterocycles. The average Bonchev–Trinajstić information content (AvgIpc) is 2.71. The predicted molar refractivity (Wildman–Crippen MR) is 106 cm³/mol. The number of carbonyl (C=O) groups is 3. The highest BCUT2D eigenvalue weighted by molar-refractivity contribution is 5.87. The molecule has 2 aromatic rings. The molecule has 8 nitrogen and oxygen atoms in total. The van der Waals surface area contributed by atoms with Crippen LogP contribution in [0.3, 0.4) is 0 Å². The normalized spacial score (nSPS) is 12.5. The van der Waals surface area contributed by atoms with E-state index in [0.717, 1.165) is 5.56 Å². The van der Waals surface area contributed by atoms with Gasteiger partial charge in [0.25, 0.3) is 0 Å². The Bertz CT molecular complexity index is 863. The first-order valence-electron chi connectivity index (χ1n) is 9.29. The summed E-state index contributed by atoms with van der Waals surface area (Å²) in [6.07, 6.45) is -2.29. The lowest BCUT2D eigenvalue weighted by Crippen LogP contribution is -2.47. The van der Waals surface area contributed by atoms with Crippen LogP contribution in [0.4, 0.5) is 9.18 Å². The zero-order valence-electron chi connectivity index (χ0n) is 16.2. The zero-order valence-corrected chi connectivity index (χ0v) is 16.2. The maximum Gasteiger partial charge on any atom is 0.407 e. The summed E-state index contributed by atoms with van der Waals surface area (Å²) >= 11 is 0. The lowest BCUT2D eigenvalue weighted by Gasteiger charge is -2.17. The second-order valence-corrected chi connectivity index (χ2v) is 6.66. The van der Waals surface area contributed by atoms with Crippen molar-refractivity contribution >= 4 is 17.9 Å². The maximum atomic E-state index is 13.3. The number of primary amides is 1. The van der Waals surface area contributed by atoms with Crippen LogP contribution in [-0.2, 0) is 27.4 Å². The summed E-state index contributed by atoms with van der Waals surface area (Å²) in [4.78, 5) is 35.3. The van der Waals surface area contributed by atoms with E-state index in [0.29, 0.717) is 5.56 Å². The van der Waals surface area contributed by atoms with Gasteiger partial charge >= 0.3 is 6.09 Å². The molecule has 0 saturated carbocycles. The van der Waals surface area contributed by atoms with Crippen molar-refractivity contribution < 1.29 is 28.6 Å². The largest absolute Gasteiger partial charge is 0.445 e. The molecule has 0 radical (unpaired) electrons. The van der Waals surface area contributed by atoms with Crippen molar-refractivity contribution in [2.24, 2.45) is 5.73 Å². The van der Waals surface area contributed by atoms with Crippen molar-refractivity contribution in [3.63, 3.8) is 0 Å². The van der Waals surface area contributed by atoms with Crippen molar-refractivity contribution in [1.82, 2.24) is 10.6 Å². The molecule has 30 heavy (non-hydrogen) atoms. The molecule has 5 N–H and O–H groups in total. The van der Waals surface area contributed by atoms with Gasteiger partial charge in [-0.15, -0.1) is 0 Å². The molecule has 2 atom stereocenters. The molecule has 0 unspecified atom stereocenters. The van der Waals surface area contributed by atoms with E-state index >= 15 is 0 Å². The number of hydrogen-bond acceptors (Lipinski definition) is 5. The summed E-state index contributed by atoms with van der Waals surface area (Å²) < 4.78 is 18.3. The van der Waals surface area contributed by atoms with Gasteiger partial charge in [-0.2, -0.15) is 0 Å². The Labute approximate surface area is 173 Å². The third-order valence-corrected chi connectivity index (χ3v) is 4.12. The number of nitrogens with two attached hydrogens (primary N) is 1. The first-order chi connectivity index (χ1) is 14.3. The van der Waals surface area contributed by atoms with Crippen LogP contribution in [0, 0.1) is 5.82 Å². The Morgan fingerprint density at radius 2 is 1.77 bits per heavy atom. The molecule has 2 rings (SSSR count). The van der Waals surface area contributed by atoms with Crippen molar-refractivity contribution in [2.75, 3.05) is 6.54 Å². The number of amides is 3. The molecule has 2 aromatic carbocycles. The number of benzene rings is 2. The van der Waals surface area contributed by atoms with E-state index in [9.17, 15) is 23.9 Å². The van der Waals surface area contributed by atoms with E-state index in [1.165, 1.54) is 18.2 Å². The SMILES string of the molecule is NC(=O)[C@@H](Cc1cccc(F)c1)NC(=O)C[C@H](O)CNC(=O)OCc1ccccc1. The van der Waals surface area contributed by atoms with Crippen LogP contribution >= 0.6 is 0 Å². The van der Waals surface area contributed by atoms with E-state index in [1.54, 1.807) is 18.2 Å². The van der Waals surface area contributed by atoms with Gasteiger partial charge in [0.1, 0.15) is 18.5 Å². The third-order valence-electron chi connectivity index (χ3n) is 4.12. The summed E-state index contributed by atoms with van der Waals surface area (Å²) in [5, 5.41) is 14.7. The minimum Gasteiger partial charge on any atom is -0.445 e. The molecule has 0 bridgehead atoms. The van der Waals surface area contributed by atoms with Crippen LogP contribution in [0.15, 0.2) is 54.6 Å². The number of hydrogen-bond donors (Lipinski definition) is 4. The Morgan fingerprint density at radius 3 is 2.43 bits per heavy atom. The number of rotatable bonds is 10. The van der Waals surface area contributed by atoms with Gasteiger partial charge < -0.3 is 26.2 Å². The van der Waals surface area contributed by atoms with Gasteiger partial charge in [-0.3, -0.25) is 9.59 Å². The number of ether oxygens (including phenoxy) is 1. The van der Waals surface area contributed by atoms with Gasteiger partial charge in [0.05, 0.1) is 12.5 Å². The molecule has 3 amide bonds. The molecule has 0 aliphatic heterocycles. The molecule has 0 aliphatic carbocycles. The van der Waals surface area contributed by atoms with Gasteiger partial charge in [-0.25, -0.2) is 9.18 Å². The number of aliphatic hydroxyl groups is 1. The highest BCUT2D eigenvalue weighted by atomic mass is 19.1. The Kier molecular flexibility index (Phi) is 8.76. The molecule has 9 heteroatoms. The van der Waals surface area contributed by atoms with Crippen LogP contribution in [-0.4, -0.2) is 41.7 Å². The summed E-state index contributed by atoms with van der Waals surface area (Å²) in [5.41, 5.74) is 6.60. The molecular weight excluding hydrogens is 393 g/mol. The van der Waals surface area contributed by atoms with E-state index in [-0.39, 0.29) is 26.0 Å². The number of halogens is 1. The Balaban J connectivity index is 1.73. The average molecular weight is 417 g/mol. The minimum atomic E-state index is -1.20. The quantitative estimate of drug-likeness (QED) is 0.458. The fourth-order valence-corrected chi connectivity index (χ4v) is 2.64. The smallest absolute Gasteiger partial charge is 0.407 e. The van der Waals surface area contributed by atoms with Crippen LogP contribution in [0.1, 0.15) is 17.5 Å². The van der Waals surface area contributed by atoms with E-state index in [1.807, 2.05) is 18.2 Å². The van der Waals surface area contributed by atoms with Gasteiger partial charge in [0, 0.05) is 13.0 Å². The summed E-state index contributed by atoms with van der Waals surface area (Å²) in [6.45, 7) is -0.143. The number of aliphatic hydroxyl groups excluding tert-OH is 1. The standard InChI is InChI=1S/C21H24FN3O5/c22-16-8-4-7-15(9-16)10-18(20(23)28)25-19(27)11-17(26)12-24-21(29)30-13-14-5-2-1-3-6-14/h1-9,17-18,26H,10-13H2,(H2,23,28)(H,24,29)(H,25,27)/t17-,18+/m0/s1. The summed E-state index contributed by atoms with van der Waals surface area (Å²) in [6, 6.07) is 13.6. The third kappa shape index (κ3) is 8.27. The highest BCUT2D eigenvalue weighted by Gasteiger charge is 2.21. The molecule has 0 aliphatic rings. The fraction of sp³-hybridized carbons (Fsp3) is 0.286. The first-order valence-corrected chi connectivity index (χ1v) is 9.29. The van der Waals surface area contributed by atoms with Gasteiger partial charge in [0.15, 0.2) is 0 Å². The van der Waals surface area contributed by atoms with Crippen molar-refractivity contribution in [3.05, 3.63) is 71.5 Å². The van der Waals surface area contributed by atoms with Crippen LogP contribution in [0.25, 0.3) is 0 Å². The minimum absolute atomic E-state index is 0.0129. The lowest BCUT2D eigenvalue weighted by atomic mass is 10.0. The predicted octanol–water partition coefficient (Wildman–Crippen LogP) is 1.02. The van der Waals surface area contributed by atoms with Crippen LogP contribution in [0.5, 0.6) is 0 Å². The van der Waals surface area contributed by atoms with E-state index < -0.39 is 35.9 Å². The molecule has 0 spiro atoms. The van der Waals surface area contributed by atoms with E-state index in [4.69, 9.17) is 10.5 Å². The first kappa shape index (κ1) is 22.8. The highest BCUT2D eigenvalue weighted by Crippen LogP contribution is 2.07. The van der Waals surface area contributed by atoms with E-state index in [2.05, 4.69) is 10.6 Å². The van der Waals surface area contributed by atoms with Crippen LogP contribution in [0.2, 0.25) is 0 Å². The number of alkyl carbamates (subject to hydrolysis) is 1. The Morgan fingerprint density at radius 1 is 1.07 bits per heavy atom. The molecular formula is C21H24FN3O5. The zero-order chi connectivity index (χ0) is 21.9. The molecule has 160 valence electrons. The van der Waals surface area contributed by atoms with Crippen molar-refractivity contribution in [1.29, 1.82) is 0 Å². The lowest BCUT2D eigenvalue weighted by molar-refractivity contribution is -0.128. The second kappa shape index (κ2) is 11.5.